The number of rotatable bonds is 8. The van der Waals surface area contributed by atoms with Crippen molar-refractivity contribution in [2.75, 3.05) is 0 Å². The lowest BCUT2D eigenvalue weighted by Gasteiger charge is -2.19. The minimum atomic E-state index is 0.0694. The molecule has 1 aromatic heterocycles. The third-order valence-electron chi connectivity index (χ3n) is 5.21. The summed E-state index contributed by atoms with van der Waals surface area (Å²) in [6.45, 7) is 2.07. The van der Waals surface area contributed by atoms with Crippen LogP contribution in [0.1, 0.15) is 48.7 Å². The van der Waals surface area contributed by atoms with Crippen molar-refractivity contribution in [1.29, 1.82) is 0 Å². The van der Waals surface area contributed by atoms with E-state index in [9.17, 15) is 4.79 Å². The van der Waals surface area contributed by atoms with Crippen molar-refractivity contribution in [2.24, 2.45) is 5.92 Å². The van der Waals surface area contributed by atoms with Gasteiger partial charge < -0.3 is 9.84 Å². The van der Waals surface area contributed by atoms with Crippen molar-refractivity contribution in [3.8, 4) is 11.4 Å². The van der Waals surface area contributed by atoms with E-state index in [1.54, 1.807) is 12.1 Å². The summed E-state index contributed by atoms with van der Waals surface area (Å²) in [5.41, 5.74) is 3.27. The van der Waals surface area contributed by atoms with Gasteiger partial charge in [0.1, 0.15) is 0 Å². The summed E-state index contributed by atoms with van der Waals surface area (Å²) >= 11 is 5.91. The summed E-state index contributed by atoms with van der Waals surface area (Å²) in [4.78, 5) is 16.9. The highest BCUT2D eigenvalue weighted by Gasteiger charge is 2.33. The number of aryl methyl sites for hydroxylation is 2. The van der Waals surface area contributed by atoms with Crippen LogP contribution in [-0.4, -0.2) is 16.0 Å². The van der Waals surface area contributed by atoms with Crippen molar-refractivity contribution >= 4 is 17.5 Å². The lowest BCUT2D eigenvalue weighted by molar-refractivity contribution is -0.122. The first-order valence-corrected chi connectivity index (χ1v) is 10.4. The zero-order chi connectivity index (χ0) is 20.2. The molecule has 29 heavy (non-hydrogen) atoms. The Bertz CT molecular complexity index is 963. The second kappa shape index (κ2) is 8.78. The number of hydrogen-bond acceptors (Lipinski definition) is 4. The molecule has 0 aliphatic heterocycles. The van der Waals surface area contributed by atoms with E-state index in [2.05, 4.69) is 46.6 Å². The molecule has 1 amide bonds. The Hall–Kier alpha value is -2.66. The predicted octanol–water partition coefficient (Wildman–Crippen LogP) is 5.29. The van der Waals surface area contributed by atoms with Gasteiger partial charge >= 0.3 is 0 Å². The van der Waals surface area contributed by atoms with Crippen LogP contribution in [0.15, 0.2) is 53.1 Å². The SMILES string of the molecule is Cc1ccc(C(NC(=O)CCCc2nc(-c3ccc(Cl)cc3)no2)C2CC2)cc1. The average molecular weight is 410 g/mol. The summed E-state index contributed by atoms with van der Waals surface area (Å²) in [5.74, 6) is 1.70. The number of hydrogen-bond donors (Lipinski definition) is 1. The van der Waals surface area contributed by atoms with Gasteiger partial charge in [0.2, 0.25) is 17.6 Å². The first-order chi connectivity index (χ1) is 14.1. The fraction of sp³-hybridized carbons (Fsp3) is 0.348. The van der Waals surface area contributed by atoms with E-state index in [1.165, 1.54) is 24.0 Å². The fourth-order valence-electron chi connectivity index (χ4n) is 3.40. The molecule has 1 heterocycles. The molecule has 0 radical (unpaired) electrons. The summed E-state index contributed by atoms with van der Waals surface area (Å²) < 4.78 is 5.32. The number of carbonyl (C=O) groups excluding carboxylic acids is 1. The molecule has 1 atom stereocenters. The molecule has 0 saturated heterocycles. The predicted molar refractivity (Wildman–Crippen MR) is 112 cm³/mol. The van der Waals surface area contributed by atoms with E-state index in [0.29, 0.717) is 41.9 Å². The first-order valence-electron chi connectivity index (χ1n) is 10.0. The number of nitrogens with zero attached hydrogens (tertiary/aromatic N) is 2. The van der Waals surface area contributed by atoms with Crippen LogP contribution in [0.4, 0.5) is 0 Å². The fourth-order valence-corrected chi connectivity index (χ4v) is 3.52. The Kier molecular flexibility index (Phi) is 5.95. The first kappa shape index (κ1) is 19.6. The summed E-state index contributed by atoms with van der Waals surface area (Å²) in [6, 6.07) is 15.9. The summed E-state index contributed by atoms with van der Waals surface area (Å²) in [6.07, 6.45) is 4.03. The summed E-state index contributed by atoms with van der Waals surface area (Å²) in [7, 11) is 0. The van der Waals surface area contributed by atoms with Gasteiger partial charge in [-0.3, -0.25) is 4.79 Å². The molecule has 2 aromatic carbocycles. The smallest absolute Gasteiger partial charge is 0.226 e. The average Bonchev–Trinajstić information content (AvgIpc) is 3.46. The van der Waals surface area contributed by atoms with E-state index in [1.807, 2.05) is 12.1 Å². The topological polar surface area (TPSA) is 68.0 Å². The van der Waals surface area contributed by atoms with Crippen LogP contribution >= 0.6 is 11.6 Å². The van der Waals surface area contributed by atoms with Crippen LogP contribution in [-0.2, 0) is 11.2 Å². The Morgan fingerprint density at radius 2 is 1.90 bits per heavy atom. The highest BCUT2D eigenvalue weighted by molar-refractivity contribution is 6.30. The molecule has 1 saturated carbocycles. The molecule has 3 aromatic rings. The number of amides is 1. The third-order valence-corrected chi connectivity index (χ3v) is 5.46. The van der Waals surface area contributed by atoms with Gasteiger partial charge in [0, 0.05) is 23.4 Å². The van der Waals surface area contributed by atoms with Gasteiger partial charge in [-0.05, 0) is 61.9 Å². The number of halogens is 1. The molecule has 0 bridgehead atoms. The second-order valence-electron chi connectivity index (χ2n) is 7.67. The van der Waals surface area contributed by atoms with Crippen LogP contribution < -0.4 is 5.32 Å². The Balaban J connectivity index is 1.28. The monoisotopic (exact) mass is 409 g/mol. The zero-order valence-corrected chi connectivity index (χ0v) is 17.2. The highest BCUT2D eigenvalue weighted by Crippen LogP contribution is 2.41. The molecule has 1 N–H and O–H groups in total. The van der Waals surface area contributed by atoms with Gasteiger partial charge in [0.25, 0.3) is 0 Å². The third kappa shape index (κ3) is 5.24. The number of nitrogens with one attached hydrogen (secondary N) is 1. The Morgan fingerprint density at radius 1 is 1.17 bits per heavy atom. The molecule has 5 nitrogen and oxygen atoms in total. The van der Waals surface area contributed by atoms with Crippen LogP contribution in [0.2, 0.25) is 5.02 Å². The molecule has 0 spiro atoms. The molecule has 1 aliphatic rings. The van der Waals surface area contributed by atoms with Crippen molar-refractivity contribution < 1.29 is 9.32 Å². The van der Waals surface area contributed by atoms with Crippen molar-refractivity contribution in [1.82, 2.24) is 15.5 Å². The number of benzene rings is 2. The van der Waals surface area contributed by atoms with E-state index in [-0.39, 0.29) is 11.9 Å². The van der Waals surface area contributed by atoms with Crippen molar-refractivity contribution in [2.45, 2.75) is 45.1 Å². The molecular formula is C23H24ClN3O2. The zero-order valence-electron chi connectivity index (χ0n) is 16.4. The van der Waals surface area contributed by atoms with Gasteiger partial charge in [-0.25, -0.2) is 0 Å². The van der Waals surface area contributed by atoms with Gasteiger partial charge in [-0.1, -0.05) is 46.6 Å². The van der Waals surface area contributed by atoms with Crippen LogP contribution in [0, 0.1) is 12.8 Å². The maximum Gasteiger partial charge on any atom is 0.226 e. The Morgan fingerprint density at radius 3 is 2.59 bits per heavy atom. The molecule has 6 heteroatoms. The molecule has 150 valence electrons. The van der Waals surface area contributed by atoms with E-state index in [0.717, 1.165) is 5.56 Å². The standard InChI is InChI=1S/C23H24ClN3O2/c1-15-5-7-16(8-6-15)22(17-9-10-17)25-20(28)3-2-4-21-26-23(27-29-21)18-11-13-19(24)14-12-18/h5-8,11-14,17,22H,2-4,9-10H2,1H3,(H,25,28). The normalized spacial score (nSPS) is 14.6. The van der Waals surface area contributed by atoms with Gasteiger partial charge in [-0.15, -0.1) is 0 Å². The number of aromatic nitrogens is 2. The van der Waals surface area contributed by atoms with Gasteiger partial charge in [0.15, 0.2) is 0 Å². The van der Waals surface area contributed by atoms with Crippen molar-refractivity contribution in [3.05, 3.63) is 70.6 Å². The largest absolute Gasteiger partial charge is 0.349 e. The molecule has 4 rings (SSSR count). The van der Waals surface area contributed by atoms with E-state index < -0.39 is 0 Å². The van der Waals surface area contributed by atoms with Crippen LogP contribution in [0.25, 0.3) is 11.4 Å². The minimum absolute atomic E-state index is 0.0694. The lowest BCUT2D eigenvalue weighted by atomic mass is 10.0. The molecule has 1 fully saturated rings. The maximum absolute atomic E-state index is 12.5. The van der Waals surface area contributed by atoms with E-state index in [4.69, 9.17) is 16.1 Å². The van der Waals surface area contributed by atoms with Gasteiger partial charge in [-0.2, -0.15) is 4.98 Å². The minimum Gasteiger partial charge on any atom is -0.349 e. The molecule has 1 unspecified atom stereocenters. The Labute approximate surface area is 175 Å². The van der Waals surface area contributed by atoms with Crippen LogP contribution in [0.5, 0.6) is 0 Å². The number of carbonyl (C=O) groups is 1. The van der Waals surface area contributed by atoms with Gasteiger partial charge in [0.05, 0.1) is 6.04 Å². The second-order valence-corrected chi connectivity index (χ2v) is 8.10. The van der Waals surface area contributed by atoms with Crippen LogP contribution in [0.3, 0.4) is 0 Å². The highest BCUT2D eigenvalue weighted by atomic mass is 35.5. The molecular weight excluding hydrogens is 386 g/mol. The van der Waals surface area contributed by atoms with E-state index >= 15 is 0 Å². The quantitative estimate of drug-likeness (QED) is 0.549. The lowest BCUT2D eigenvalue weighted by Crippen LogP contribution is -2.29. The molecule has 1 aliphatic carbocycles. The summed E-state index contributed by atoms with van der Waals surface area (Å²) in [5, 5.41) is 7.90. The van der Waals surface area contributed by atoms with Crippen molar-refractivity contribution in [3.63, 3.8) is 0 Å². The maximum atomic E-state index is 12.5.